The number of halogens is 1. The maximum Gasteiger partial charge on any atom is 0.327 e. The first-order valence-electron chi connectivity index (χ1n) is 4.84. The zero-order chi connectivity index (χ0) is 9.52. The summed E-state index contributed by atoms with van der Waals surface area (Å²) in [7, 11) is 0. The molecule has 3 nitrogen and oxygen atoms in total. The van der Waals surface area contributed by atoms with E-state index in [0.29, 0.717) is 12.4 Å². The molecule has 0 atom stereocenters. The lowest BCUT2D eigenvalue weighted by Crippen LogP contribution is -2.28. The fourth-order valence-electron chi connectivity index (χ4n) is 1.58. The van der Waals surface area contributed by atoms with Crippen molar-refractivity contribution in [3.05, 3.63) is 0 Å². The molecule has 76 valence electrons. The zero-order valence-corrected chi connectivity index (χ0v) is 8.48. The Balaban J connectivity index is 2.13. The average molecular weight is 206 g/mol. The predicted molar refractivity (Wildman–Crippen MR) is 51.4 cm³/mol. The van der Waals surface area contributed by atoms with Gasteiger partial charge in [0.05, 0.1) is 5.92 Å². The molecule has 1 N–H and O–H groups in total. The number of nitrogens with one attached hydrogen (secondary N) is 1. The van der Waals surface area contributed by atoms with Gasteiger partial charge in [-0.3, -0.25) is 4.79 Å². The lowest BCUT2D eigenvalue weighted by atomic mass is 9.89. The van der Waals surface area contributed by atoms with Crippen molar-refractivity contribution in [3.8, 4) is 0 Å². The van der Waals surface area contributed by atoms with Crippen molar-refractivity contribution in [2.24, 2.45) is 5.92 Å². The van der Waals surface area contributed by atoms with E-state index >= 15 is 0 Å². The van der Waals surface area contributed by atoms with Gasteiger partial charge in [-0.2, -0.15) is 5.48 Å². The quantitative estimate of drug-likeness (QED) is 0.433. The summed E-state index contributed by atoms with van der Waals surface area (Å²) in [5, 5.41) is 0. The molecule has 1 aliphatic carbocycles. The third kappa shape index (κ3) is 3.96. The summed E-state index contributed by atoms with van der Waals surface area (Å²) in [6.07, 6.45) is 5.49. The first-order chi connectivity index (χ1) is 6.34. The molecule has 0 radical (unpaired) electrons. The molecule has 0 saturated heterocycles. The van der Waals surface area contributed by atoms with Crippen LogP contribution in [0.5, 0.6) is 0 Å². The fraction of sp³-hybridized carbons (Fsp3) is 0.889. The SMILES string of the molecule is O=C(ONCCCl)C1CCCCC1. The van der Waals surface area contributed by atoms with Gasteiger partial charge in [0, 0.05) is 12.4 Å². The lowest BCUT2D eigenvalue weighted by molar-refractivity contribution is -0.157. The van der Waals surface area contributed by atoms with Gasteiger partial charge in [0.15, 0.2) is 0 Å². The Morgan fingerprint density at radius 2 is 2.08 bits per heavy atom. The van der Waals surface area contributed by atoms with Crippen LogP contribution in [0.1, 0.15) is 32.1 Å². The van der Waals surface area contributed by atoms with Crippen LogP contribution in [0.4, 0.5) is 0 Å². The van der Waals surface area contributed by atoms with Gasteiger partial charge in [0.25, 0.3) is 0 Å². The van der Waals surface area contributed by atoms with Crippen LogP contribution in [0.2, 0.25) is 0 Å². The Hall–Kier alpha value is -0.280. The van der Waals surface area contributed by atoms with Crippen molar-refractivity contribution in [3.63, 3.8) is 0 Å². The first kappa shape index (κ1) is 10.8. The van der Waals surface area contributed by atoms with Gasteiger partial charge in [0.2, 0.25) is 0 Å². The third-order valence-electron chi connectivity index (χ3n) is 2.31. The summed E-state index contributed by atoms with van der Waals surface area (Å²) < 4.78 is 0. The van der Waals surface area contributed by atoms with Gasteiger partial charge in [-0.25, -0.2) is 0 Å². The van der Waals surface area contributed by atoms with Gasteiger partial charge in [-0.1, -0.05) is 19.3 Å². The number of hydroxylamine groups is 1. The second kappa shape index (κ2) is 6.22. The number of carbonyl (C=O) groups excluding carboxylic acids is 1. The maximum atomic E-state index is 11.3. The van der Waals surface area contributed by atoms with Crippen LogP contribution in [0.3, 0.4) is 0 Å². The summed E-state index contributed by atoms with van der Waals surface area (Å²) in [5.41, 5.74) is 2.55. The van der Waals surface area contributed by atoms with Gasteiger partial charge in [-0.05, 0) is 12.8 Å². The van der Waals surface area contributed by atoms with E-state index in [1.807, 2.05) is 0 Å². The van der Waals surface area contributed by atoms with E-state index in [-0.39, 0.29) is 11.9 Å². The highest BCUT2D eigenvalue weighted by Crippen LogP contribution is 2.24. The molecule has 1 fully saturated rings. The Morgan fingerprint density at radius 1 is 1.38 bits per heavy atom. The Kier molecular flexibility index (Phi) is 5.16. The number of rotatable bonds is 4. The molecular weight excluding hydrogens is 190 g/mol. The summed E-state index contributed by atoms with van der Waals surface area (Å²) in [5.74, 6) is 0.444. The van der Waals surface area contributed by atoms with Crippen molar-refractivity contribution in [2.45, 2.75) is 32.1 Å². The number of hydrogen-bond acceptors (Lipinski definition) is 3. The largest absolute Gasteiger partial charge is 0.370 e. The molecule has 1 aliphatic rings. The summed E-state index contributed by atoms with van der Waals surface area (Å²) in [4.78, 5) is 16.2. The number of alkyl halides is 1. The second-order valence-electron chi connectivity index (χ2n) is 3.34. The van der Waals surface area contributed by atoms with Gasteiger partial charge in [0.1, 0.15) is 0 Å². The van der Waals surface area contributed by atoms with E-state index in [2.05, 4.69) is 5.48 Å². The normalized spacial score (nSPS) is 18.5. The minimum atomic E-state index is -0.121. The van der Waals surface area contributed by atoms with Crippen LogP contribution < -0.4 is 5.48 Å². The van der Waals surface area contributed by atoms with Crippen molar-refractivity contribution < 1.29 is 9.63 Å². The average Bonchev–Trinajstić information content (AvgIpc) is 2.19. The molecule has 0 aromatic rings. The molecule has 0 aromatic heterocycles. The number of carbonyl (C=O) groups is 1. The molecule has 1 rings (SSSR count). The molecule has 0 spiro atoms. The summed E-state index contributed by atoms with van der Waals surface area (Å²) >= 11 is 5.42. The maximum absolute atomic E-state index is 11.3. The predicted octanol–water partition coefficient (Wildman–Crippen LogP) is 1.85. The van der Waals surface area contributed by atoms with Crippen LogP contribution in [0.15, 0.2) is 0 Å². The summed E-state index contributed by atoms with van der Waals surface area (Å²) in [6, 6.07) is 0. The smallest absolute Gasteiger partial charge is 0.327 e. The highest BCUT2D eigenvalue weighted by molar-refractivity contribution is 6.18. The third-order valence-corrected chi connectivity index (χ3v) is 2.50. The Morgan fingerprint density at radius 3 is 2.69 bits per heavy atom. The van der Waals surface area contributed by atoms with E-state index in [1.54, 1.807) is 0 Å². The van der Waals surface area contributed by atoms with E-state index in [0.717, 1.165) is 25.7 Å². The van der Waals surface area contributed by atoms with Crippen molar-refractivity contribution in [1.82, 2.24) is 5.48 Å². The van der Waals surface area contributed by atoms with Crippen LogP contribution in [0, 0.1) is 5.92 Å². The molecule has 1 saturated carbocycles. The first-order valence-corrected chi connectivity index (χ1v) is 5.37. The van der Waals surface area contributed by atoms with Crippen LogP contribution in [0.25, 0.3) is 0 Å². The Labute approximate surface area is 83.7 Å². The van der Waals surface area contributed by atoms with E-state index < -0.39 is 0 Å². The molecule has 0 aliphatic heterocycles. The van der Waals surface area contributed by atoms with Gasteiger partial charge in [-0.15, -0.1) is 11.6 Å². The molecular formula is C9H16ClNO2. The minimum absolute atomic E-state index is 0.108. The highest BCUT2D eigenvalue weighted by atomic mass is 35.5. The van der Waals surface area contributed by atoms with Crippen molar-refractivity contribution in [1.29, 1.82) is 0 Å². The number of hydrogen-bond donors (Lipinski definition) is 1. The molecule has 0 unspecified atom stereocenters. The van der Waals surface area contributed by atoms with Crippen LogP contribution in [-0.4, -0.2) is 18.4 Å². The van der Waals surface area contributed by atoms with Crippen LogP contribution in [-0.2, 0) is 9.63 Å². The second-order valence-corrected chi connectivity index (χ2v) is 3.72. The molecule has 0 aromatic carbocycles. The minimum Gasteiger partial charge on any atom is -0.370 e. The van der Waals surface area contributed by atoms with Gasteiger partial charge >= 0.3 is 5.97 Å². The van der Waals surface area contributed by atoms with E-state index in [4.69, 9.17) is 16.4 Å². The lowest BCUT2D eigenvalue weighted by Gasteiger charge is -2.19. The molecule has 13 heavy (non-hydrogen) atoms. The monoisotopic (exact) mass is 205 g/mol. The van der Waals surface area contributed by atoms with Crippen LogP contribution >= 0.6 is 11.6 Å². The molecule has 0 heterocycles. The summed E-state index contributed by atoms with van der Waals surface area (Å²) in [6.45, 7) is 0.514. The van der Waals surface area contributed by atoms with Crippen molar-refractivity contribution >= 4 is 17.6 Å². The topological polar surface area (TPSA) is 38.3 Å². The molecule has 0 amide bonds. The molecule has 4 heteroatoms. The fourth-order valence-corrected chi connectivity index (χ4v) is 1.66. The molecule has 0 bridgehead atoms. The van der Waals surface area contributed by atoms with Crippen molar-refractivity contribution in [2.75, 3.05) is 12.4 Å². The Bertz CT molecular complexity index is 158. The van der Waals surface area contributed by atoms with E-state index in [1.165, 1.54) is 6.42 Å². The standard InChI is InChI=1S/C9H16ClNO2/c10-6-7-11-13-9(12)8-4-2-1-3-5-8/h8,11H,1-7H2. The van der Waals surface area contributed by atoms with Gasteiger partial charge < -0.3 is 4.84 Å². The zero-order valence-electron chi connectivity index (χ0n) is 7.72. The van der Waals surface area contributed by atoms with E-state index in [9.17, 15) is 4.79 Å². The highest BCUT2D eigenvalue weighted by Gasteiger charge is 2.22.